The fourth-order valence-corrected chi connectivity index (χ4v) is 3.94. The van der Waals surface area contributed by atoms with E-state index >= 15 is 0 Å². The van der Waals surface area contributed by atoms with Gasteiger partial charge in [-0.25, -0.2) is 0 Å². The third-order valence-corrected chi connectivity index (χ3v) is 6.00. The summed E-state index contributed by atoms with van der Waals surface area (Å²) in [6.45, 7) is 4.73. The van der Waals surface area contributed by atoms with Gasteiger partial charge in [0.25, 0.3) is 5.91 Å². The number of methoxy groups -OCH3 is 1. The van der Waals surface area contributed by atoms with E-state index in [9.17, 15) is 9.59 Å². The van der Waals surface area contributed by atoms with Crippen molar-refractivity contribution in [1.82, 2.24) is 10.2 Å². The Balaban J connectivity index is 1.88. The van der Waals surface area contributed by atoms with Crippen LogP contribution in [0.3, 0.4) is 0 Å². The molecule has 0 bridgehead atoms. The Hall–Kier alpha value is -3.80. The second-order valence-corrected chi connectivity index (χ2v) is 8.66. The van der Waals surface area contributed by atoms with Gasteiger partial charge in [-0.2, -0.15) is 0 Å². The summed E-state index contributed by atoms with van der Waals surface area (Å²) < 4.78 is 11.2. The number of rotatable bonds is 13. The average molecular weight is 489 g/mol. The number of hydrogen-bond acceptors (Lipinski definition) is 4. The smallest absolute Gasteiger partial charge is 0.261 e. The van der Waals surface area contributed by atoms with Crippen LogP contribution >= 0.6 is 0 Å². The maximum atomic E-state index is 13.6. The number of ether oxygens (including phenoxy) is 2. The van der Waals surface area contributed by atoms with Crippen LogP contribution in [0.25, 0.3) is 0 Å². The zero-order valence-corrected chi connectivity index (χ0v) is 21.4. The van der Waals surface area contributed by atoms with E-state index in [2.05, 4.69) is 12.2 Å². The van der Waals surface area contributed by atoms with E-state index in [0.29, 0.717) is 24.5 Å². The van der Waals surface area contributed by atoms with Crippen LogP contribution in [0.5, 0.6) is 11.5 Å². The van der Waals surface area contributed by atoms with Gasteiger partial charge >= 0.3 is 0 Å². The summed E-state index contributed by atoms with van der Waals surface area (Å²) >= 11 is 0. The minimum Gasteiger partial charge on any atom is -0.497 e. The molecular formula is C30H36N2O4. The third kappa shape index (κ3) is 7.87. The van der Waals surface area contributed by atoms with E-state index in [1.807, 2.05) is 85.8 Å². The molecule has 0 aromatic heterocycles. The molecule has 3 aromatic rings. The number of benzene rings is 3. The van der Waals surface area contributed by atoms with Gasteiger partial charge < -0.3 is 19.7 Å². The number of aryl methyl sites for hydroxylation is 1. The van der Waals surface area contributed by atoms with Crippen LogP contribution in [-0.2, 0) is 29.0 Å². The van der Waals surface area contributed by atoms with Crippen molar-refractivity contribution in [3.05, 3.63) is 95.6 Å². The van der Waals surface area contributed by atoms with Gasteiger partial charge in [0.15, 0.2) is 6.61 Å². The fraction of sp³-hybridized carbons (Fsp3) is 0.333. The van der Waals surface area contributed by atoms with Gasteiger partial charge in [0.05, 0.1) is 7.11 Å². The first-order chi connectivity index (χ1) is 17.5. The first-order valence-corrected chi connectivity index (χ1v) is 12.5. The Bertz CT molecular complexity index is 1100. The summed E-state index contributed by atoms with van der Waals surface area (Å²) in [4.78, 5) is 28.6. The standard InChI is InChI=1S/C30H36N2O4/c1-4-18-31-30(34)28(20-24-10-7-6-8-11-24)32(21-25-12-9-13-27(19-25)35-3)29(33)22-36-26-16-14-23(5-2)15-17-26/h6-17,19,28H,4-5,18,20-22H2,1-3H3,(H,31,34)/t28-/m1/s1. The number of hydrogen-bond donors (Lipinski definition) is 1. The Morgan fingerprint density at radius 3 is 2.25 bits per heavy atom. The molecule has 0 aliphatic rings. The van der Waals surface area contributed by atoms with Crippen LogP contribution in [0.4, 0.5) is 0 Å². The quantitative estimate of drug-likeness (QED) is 0.375. The molecule has 1 atom stereocenters. The molecule has 0 aliphatic heterocycles. The highest BCUT2D eigenvalue weighted by atomic mass is 16.5. The minimum atomic E-state index is -0.691. The number of amides is 2. The van der Waals surface area contributed by atoms with E-state index < -0.39 is 6.04 Å². The average Bonchev–Trinajstić information content (AvgIpc) is 2.93. The maximum absolute atomic E-state index is 13.6. The monoisotopic (exact) mass is 488 g/mol. The fourth-order valence-electron chi connectivity index (χ4n) is 3.94. The molecule has 1 N–H and O–H groups in total. The van der Waals surface area contributed by atoms with Crippen LogP contribution in [0.2, 0.25) is 0 Å². The number of nitrogens with one attached hydrogen (secondary N) is 1. The lowest BCUT2D eigenvalue weighted by atomic mass is 10.0. The van der Waals surface area contributed by atoms with Crippen molar-refractivity contribution < 1.29 is 19.1 Å². The maximum Gasteiger partial charge on any atom is 0.261 e. The molecular weight excluding hydrogens is 452 g/mol. The van der Waals surface area contributed by atoms with Gasteiger partial charge in [0, 0.05) is 19.5 Å². The van der Waals surface area contributed by atoms with Crippen molar-refractivity contribution in [3.63, 3.8) is 0 Å². The molecule has 0 fully saturated rings. The Kier molecular flexibility index (Phi) is 10.4. The van der Waals surface area contributed by atoms with Gasteiger partial charge in [0.2, 0.25) is 5.91 Å². The molecule has 3 aromatic carbocycles. The second-order valence-electron chi connectivity index (χ2n) is 8.66. The molecule has 6 heteroatoms. The molecule has 0 saturated heterocycles. The number of carbonyl (C=O) groups excluding carboxylic acids is 2. The molecule has 2 amide bonds. The first-order valence-electron chi connectivity index (χ1n) is 12.5. The van der Waals surface area contributed by atoms with Crippen LogP contribution in [0.1, 0.15) is 37.0 Å². The summed E-state index contributed by atoms with van der Waals surface area (Å²) in [6.07, 6.45) is 2.14. The van der Waals surface area contributed by atoms with Crippen molar-refractivity contribution in [2.24, 2.45) is 0 Å². The Labute approximate surface area is 214 Å². The molecule has 3 rings (SSSR count). The lowest BCUT2D eigenvalue weighted by Gasteiger charge is -2.31. The lowest BCUT2D eigenvalue weighted by Crippen LogP contribution is -2.51. The minimum absolute atomic E-state index is 0.165. The predicted octanol–water partition coefficient (Wildman–Crippen LogP) is 4.80. The molecule has 0 aliphatic carbocycles. The molecule has 190 valence electrons. The van der Waals surface area contributed by atoms with E-state index in [0.717, 1.165) is 24.0 Å². The predicted molar refractivity (Wildman–Crippen MR) is 142 cm³/mol. The largest absolute Gasteiger partial charge is 0.497 e. The third-order valence-electron chi connectivity index (χ3n) is 6.00. The van der Waals surface area contributed by atoms with Crippen molar-refractivity contribution in [1.29, 1.82) is 0 Å². The zero-order chi connectivity index (χ0) is 25.8. The van der Waals surface area contributed by atoms with Crippen LogP contribution in [0.15, 0.2) is 78.9 Å². The SMILES string of the molecule is CCCNC(=O)[C@@H](Cc1ccccc1)N(Cc1cccc(OC)c1)C(=O)COc1ccc(CC)cc1. The number of carbonyl (C=O) groups is 2. The van der Waals surface area contributed by atoms with Crippen LogP contribution in [-0.4, -0.2) is 43.0 Å². The molecule has 0 saturated carbocycles. The summed E-state index contributed by atoms with van der Waals surface area (Å²) in [7, 11) is 1.61. The van der Waals surface area contributed by atoms with Gasteiger partial charge in [-0.05, 0) is 53.8 Å². The summed E-state index contributed by atoms with van der Waals surface area (Å²) in [5.41, 5.74) is 3.05. The highest BCUT2D eigenvalue weighted by Gasteiger charge is 2.30. The highest BCUT2D eigenvalue weighted by Crippen LogP contribution is 2.19. The Morgan fingerprint density at radius 2 is 1.58 bits per heavy atom. The van der Waals surface area contributed by atoms with Gasteiger partial charge in [-0.15, -0.1) is 0 Å². The van der Waals surface area contributed by atoms with Crippen LogP contribution in [0, 0.1) is 0 Å². The number of nitrogens with zero attached hydrogens (tertiary/aromatic N) is 1. The molecule has 0 heterocycles. The van der Waals surface area contributed by atoms with Crippen molar-refractivity contribution in [2.45, 2.75) is 45.7 Å². The van der Waals surface area contributed by atoms with Crippen LogP contribution < -0.4 is 14.8 Å². The van der Waals surface area contributed by atoms with Crippen molar-refractivity contribution in [3.8, 4) is 11.5 Å². The van der Waals surface area contributed by atoms with Crippen molar-refractivity contribution in [2.75, 3.05) is 20.3 Å². The first kappa shape index (κ1) is 26.8. The second kappa shape index (κ2) is 13.9. The van der Waals surface area contributed by atoms with E-state index in [1.54, 1.807) is 12.0 Å². The summed E-state index contributed by atoms with van der Waals surface area (Å²) in [5.74, 6) is 0.883. The molecule has 0 spiro atoms. The topological polar surface area (TPSA) is 67.9 Å². The summed E-state index contributed by atoms with van der Waals surface area (Å²) in [6, 6.07) is 24.3. The zero-order valence-electron chi connectivity index (χ0n) is 21.4. The van der Waals surface area contributed by atoms with E-state index in [4.69, 9.17) is 9.47 Å². The van der Waals surface area contributed by atoms with E-state index in [-0.39, 0.29) is 25.0 Å². The van der Waals surface area contributed by atoms with Crippen molar-refractivity contribution >= 4 is 11.8 Å². The molecule has 6 nitrogen and oxygen atoms in total. The lowest BCUT2D eigenvalue weighted by molar-refractivity contribution is -0.142. The van der Waals surface area contributed by atoms with Gasteiger partial charge in [-0.1, -0.05) is 68.4 Å². The molecule has 36 heavy (non-hydrogen) atoms. The van der Waals surface area contributed by atoms with E-state index in [1.165, 1.54) is 5.56 Å². The van der Waals surface area contributed by atoms with Gasteiger partial charge in [0.1, 0.15) is 17.5 Å². The summed E-state index contributed by atoms with van der Waals surface area (Å²) in [5, 5.41) is 2.98. The molecule has 0 radical (unpaired) electrons. The molecule has 0 unspecified atom stereocenters. The Morgan fingerprint density at radius 1 is 0.861 bits per heavy atom. The van der Waals surface area contributed by atoms with Gasteiger partial charge in [-0.3, -0.25) is 9.59 Å². The normalized spacial score (nSPS) is 11.4. The highest BCUT2D eigenvalue weighted by molar-refractivity contribution is 5.88.